The summed E-state index contributed by atoms with van der Waals surface area (Å²) in [5.41, 5.74) is 6.94. The average molecular weight is 257 g/mol. The zero-order chi connectivity index (χ0) is 13.1. The van der Waals surface area contributed by atoms with Crippen LogP contribution < -0.4 is 5.73 Å². The molecule has 0 aromatic heterocycles. The van der Waals surface area contributed by atoms with Gasteiger partial charge in [-0.2, -0.15) is 0 Å². The Labute approximate surface area is 108 Å². The third kappa shape index (κ3) is 5.04. The Morgan fingerprint density at radius 1 is 1.41 bits per heavy atom. The molecule has 1 rings (SSSR count). The highest BCUT2D eigenvalue weighted by Gasteiger charge is 2.16. The number of hydrogen-bond donors (Lipinski definition) is 2. The highest BCUT2D eigenvalue weighted by Crippen LogP contribution is 2.19. The Morgan fingerprint density at radius 2 is 2.06 bits per heavy atom. The van der Waals surface area contributed by atoms with Crippen LogP contribution in [0.1, 0.15) is 25.0 Å². The number of nitrogens with zero attached hydrogens (tertiary/aromatic N) is 1. The molecule has 0 saturated carbocycles. The molecular formula is C13H21ClN2O. The molecule has 0 amide bonds. The number of hydrogen-bond acceptors (Lipinski definition) is 3. The molecule has 96 valence electrons. The van der Waals surface area contributed by atoms with Gasteiger partial charge in [0.05, 0.1) is 5.60 Å². The number of halogens is 1. The quantitative estimate of drug-likeness (QED) is 0.847. The second kappa shape index (κ2) is 5.83. The number of benzene rings is 1. The fourth-order valence-electron chi connectivity index (χ4n) is 1.85. The molecule has 0 unspecified atom stereocenters. The second-order valence-electron chi connectivity index (χ2n) is 5.11. The SMILES string of the molecule is CN(Cc1ccc(CN)cc1Cl)CC(C)(C)O. The van der Waals surface area contributed by atoms with Crippen molar-refractivity contribution in [1.29, 1.82) is 0 Å². The van der Waals surface area contributed by atoms with Crippen molar-refractivity contribution in [2.75, 3.05) is 13.6 Å². The van der Waals surface area contributed by atoms with Crippen molar-refractivity contribution in [1.82, 2.24) is 4.90 Å². The minimum atomic E-state index is -0.696. The van der Waals surface area contributed by atoms with E-state index in [2.05, 4.69) is 0 Å². The maximum Gasteiger partial charge on any atom is 0.0718 e. The minimum Gasteiger partial charge on any atom is -0.389 e. The summed E-state index contributed by atoms with van der Waals surface area (Å²) in [6.07, 6.45) is 0. The van der Waals surface area contributed by atoms with Crippen LogP contribution in [0.3, 0.4) is 0 Å². The standard InChI is InChI=1S/C13H21ClN2O/c1-13(2,17)9-16(3)8-11-5-4-10(7-15)6-12(11)14/h4-6,17H,7-9,15H2,1-3H3. The van der Waals surface area contributed by atoms with E-state index in [1.54, 1.807) is 13.8 Å². The zero-order valence-corrected chi connectivity index (χ0v) is 11.5. The van der Waals surface area contributed by atoms with E-state index < -0.39 is 5.60 Å². The fraction of sp³-hybridized carbons (Fsp3) is 0.538. The van der Waals surface area contributed by atoms with Crippen molar-refractivity contribution in [3.63, 3.8) is 0 Å². The first-order valence-corrected chi connectivity index (χ1v) is 6.08. The van der Waals surface area contributed by atoms with E-state index in [-0.39, 0.29) is 0 Å². The molecule has 3 N–H and O–H groups in total. The first-order valence-electron chi connectivity index (χ1n) is 5.70. The number of nitrogens with two attached hydrogens (primary N) is 1. The maximum absolute atomic E-state index is 9.73. The van der Waals surface area contributed by atoms with E-state index >= 15 is 0 Å². The van der Waals surface area contributed by atoms with Gasteiger partial charge in [0.1, 0.15) is 0 Å². The van der Waals surface area contributed by atoms with Crippen molar-refractivity contribution in [2.24, 2.45) is 5.73 Å². The van der Waals surface area contributed by atoms with Gasteiger partial charge < -0.3 is 10.8 Å². The van der Waals surface area contributed by atoms with E-state index in [0.29, 0.717) is 19.6 Å². The zero-order valence-electron chi connectivity index (χ0n) is 10.7. The summed E-state index contributed by atoms with van der Waals surface area (Å²) < 4.78 is 0. The topological polar surface area (TPSA) is 49.5 Å². The summed E-state index contributed by atoms with van der Waals surface area (Å²) in [4.78, 5) is 2.04. The van der Waals surface area contributed by atoms with Crippen molar-refractivity contribution in [3.05, 3.63) is 34.3 Å². The van der Waals surface area contributed by atoms with Gasteiger partial charge in [0.15, 0.2) is 0 Å². The molecule has 0 spiro atoms. The second-order valence-corrected chi connectivity index (χ2v) is 5.52. The normalized spacial score (nSPS) is 12.2. The van der Waals surface area contributed by atoms with Crippen LogP contribution in [0.15, 0.2) is 18.2 Å². The van der Waals surface area contributed by atoms with Crippen molar-refractivity contribution in [2.45, 2.75) is 32.5 Å². The van der Waals surface area contributed by atoms with E-state index in [0.717, 1.165) is 16.1 Å². The van der Waals surface area contributed by atoms with Gasteiger partial charge in [0.25, 0.3) is 0 Å². The Hall–Kier alpha value is -0.610. The van der Waals surface area contributed by atoms with Crippen molar-refractivity contribution < 1.29 is 5.11 Å². The molecule has 0 saturated heterocycles. The molecule has 0 fully saturated rings. The molecular weight excluding hydrogens is 236 g/mol. The first-order chi connectivity index (χ1) is 7.81. The third-order valence-corrected chi connectivity index (χ3v) is 2.80. The van der Waals surface area contributed by atoms with Crippen LogP contribution in [0.2, 0.25) is 5.02 Å². The summed E-state index contributed by atoms with van der Waals surface area (Å²) in [6.45, 7) is 5.40. The predicted octanol–water partition coefficient (Wildman–Crippen LogP) is 2.00. The molecule has 1 aromatic carbocycles. The maximum atomic E-state index is 9.73. The smallest absolute Gasteiger partial charge is 0.0718 e. The number of likely N-dealkylation sites (N-methyl/N-ethyl adjacent to an activating group) is 1. The lowest BCUT2D eigenvalue weighted by Gasteiger charge is -2.25. The van der Waals surface area contributed by atoms with Gasteiger partial charge in [-0.3, -0.25) is 4.90 Å². The van der Waals surface area contributed by atoms with E-state index in [1.165, 1.54) is 0 Å². The van der Waals surface area contributed by atoms with Crippen LogP contribution in [-0.4, -0.2) is 29.2 Å². The lowest BCUT2D eigenvalue weighted by molar-refractivity contribution is 0.0425. The molecule has 0 heterocycles. The summed E-state index contributed by atoms with van der Waals surface area (Å²) in [6, 6.07) is 5.87. The van der Waals surface area contributed by atoms with Crippen LogP contribution in [0.5, 0.6) is 0 Å². The van der Waals surface area contributed by atoms with Crippen molar-refractivity contribution in [3.8, 4) is 0 Å². The van der Waals surface area contributed by atoms with Crippen molar-refractivity contribution >= 4 is 11.6 Å². The Balaban J connectivity index is 2.68. The Kier molecular flexibility index (Phi) is 4.95. The predicted molar refractivity (Wildman–Crippen MR) is 72.0 cm³/mol. The molecule has 1 aromatic rings. The molecule has 0 aliphatic heterocycles. The van der Waals surface area contributed by atoms with Gasteiger partial charge in [0, 0.05) is 24.7 Å². The largest absolute Gasteiger partial charge is 0.389 e. The molecule has 0 bridgehead atoms. The van der Waals surface area contributed by atoms with Crippen LogP contribution in [-0.2, 0) is 13.1 Å². The van der Waals surface area contributed by atoms with E-state index in [4.69, 9.17) is 17.3 Å². The summed E-state index contributed by atoms with van der Waals surface area (Å²) >= 11 is 6.18. The summed E-state index contributed by atoms with van der Waals surface area (Å²) in [7, 11) is 1.96. The van der Waals surface area contributed by atoms with Gasteiger partial charge >= 0.3 is 0 Å². The monoisotopic (exact) mass is 256 g/mol. The molecule has 0 atom stereocenters. The lowest BCUT2D eigenvalue weighted by atomic mass is 10.1. The lowest BCUT2D eigenvalue weighted by Crippen LogP contribution is -2.35. The molecule has 0 aliphatic rings. The van der Waals surface area contributed by atoms with E-state index in [1.807, 2.05) is 30.1 Å². The molecule has 17 heavy (non-hydrogen) atoms. The van der Waals surface area contributed by atoms with Crippen LogP contribution >= 0.6 is 11.6 Å². The first kappa shape index (κ1) is 14.5. The Morgan fingerprint density at radius 3 is 2.53 bits per heavy atom. The van der Waals surface area contributed by atoms with Gasteiger partial charge in [-0.15, -0.1) is 0 Å². The van der Waals surface area contributed by atoms with Crippen LogP contribution in [0.25, 0.3) is 0 Å². The van der Waals surface area contributed by atoms with Gasteiger partial charge in [-0.1, -0.05) is 23.7 Å². The summed E-state index contributed by atoms with van der Waals surface area (Å²) in [5.74, 6) is 0. The minimum absolute atomic E-state index is 0.500. The molecule has 0 radical (unpaired) electrons. The molecule has 4 heteroatoms. The van der Waals surface area contributed by atoms with Gasteiger partial charge in [-0.05, 0) is 38.1 Å². The summed E-state index contributed by atoms with van der Waals surface area (Å²) in [5, 5.41) is 10.5. The number of aliphatic hydroxyl groups is 1. The molecule has 0 aliphatic carbocycles. The highest BCUT2D eigenvalue weighted by atomic mass is 35.5. The van der Waals surface area contributed by atoms with Gasteiger partial charge in [0.2, 0.25) is 0 Å². The van der Waals surface area contributed by atoms with Crippen LogP contribution in [0, 0.1) is 0 Å². The van der Waals surface area contributed by atoms with Gasteiger partial charge in [-0.25, -0.2) is 0 Å². The average Bonchev–Trinajstić information content (AvgIpc) is 2.18. The van der Waals surface area contributed by atoms with E-state index in [9.17, 15) is 5.11 Å². The van der Waals surface area contributed by atoms with Crippen LogP contribution in [0.4, 0.5) is 0 Å². The molecule has 3 nitrogen and oxygen atoms in total. The Bertz CT molecular complexity index is 374. The fourth-order valence-corrected chi connectivity index (χ4v) is 2.12. The highest BCUT2D eigenvalue weighted by molar-refractivity contribution is 6.31. The number of rotatable bonds is 5. The third-order valence-electron chi connectivity index (χ3n) is 2.45.